The molecule has 1 N–H and O–H groups in total. The molecular formula is C10H15ClF6N2O. The molecule has 1 saturated heterocycles. The van der Waals surface area contributed by atoms with E-state index in [0.29, 0.717) is 4.90 Å². The van der Waals surface area contributed by atoms with Gasteiger partial charge >= 0.3 is 12.4 Å². The third-order valence-corrected chi connectivity index (χ3v) is 3.30. The predicted octanol–water partition coefficient (Wildman–Crippen LogP) is 2.36. The van der Waals surface area contributed by atoms with E-state index in [1.54, 1.807) is 0 Å². The smallest absolute Gasteiger partial charge is 0.341 e. The number of carbonyl (C=O) groups is 1. The molecule has 0 unspecified atom stereocenters. The number of nitrogens with one attached hydrogen (secondary N) is 1. The van der Waals surface area contributed by atoms with Gasteiger partial charge in [-0.3, -0.25) is 4.79 Å². The Balaban J connectivity index is 0.00000361. The normalized spacial score (nSPS) is 18.9. The predicted molar refractivity (Wildman–Crippen MR) is 61.5 cm³/mol. The van der Waals surface area contributed by atoms with Crippen molar-refractivity contribution in [2.45, 2.75) is 25.2 Å². The summed E-state index contributed by atoms with van der Waals surface area (Å²) < 4.78 is 76.4. The van der Waals surface area contributed by atoms with Gasteiger partial charge in [0.2, 0.25) is 5.91 Å². The Labute approximate surface area is 118 Å². The van der Waals surface area contributed by atoms with Crippen LogP contribution in [0.15, 0.2) is 0 Å². The Bertz CT molecular complexity index is 330. The molecule has 1 heterocycles. The first-order valence-corrected chi connectivity index (χ1v) is 5.61. The van der Waals surface area contributed by atoms with Crippen LogP contribution in [0.25, 0.3) is 0 Å². The van der Waals surface area contributed by atoms with Gasteiger partial charge in [-0.2, -0.15) is 26.3 Å². The SMILES string of the molecule is CNCCC(=O)N1CCC(C(F)(F)F)(C(F)(F)F)C1.Cl. The standard InChI is InChI=1S/C10H14F6N2O.ClH/c1-17-4-2-7(19)18-5-3-8(6-18,9(11,12)13)10(14,15)16;/h17H,2-6H2,1H3;1H. The fourth-order valence-electron chi connectivity index (χ4n) is 2.04. The van der Waals surface area contributed by atoms with Gasteiger partial charge in [0.15, 0.2) is 5.41 Å². The second kappa shape index (κ2) is 6.38. The number of hydrogen-bond acceptors (Lipinski definition) is 2. The van der Waals surface area contributed by atoms with Gasteiger partial charge in [-0.25, -0.2) is 0 Å². The van der Waals surface area contributed by atoms with Gasteiger partial charge in [-0.1, -0.05) is 0 Å². The van der Waals surface area contributed by atoms with Crippen molar-refractivity contribution in [1.29, 1.82) is 0 Å². The molecule has 1 amide bonds. The van der Waals surface area contributed by atoms with Crippen molar-refractivity contribution in [2.75, 3.05) is 26.7 Å². The Hall–Kier alpha value is -0.700. The molecule has 120 valence electrons. The van der Waals surface area contributed by atoms with Crippen LogP contribution in [0, 0.1) is 5.41 Å². The van der Waals surface area contributed by atoms with Crippen LogP contribution in [0.2, 0.25) is 0 Å². The first-order valence-electron chi connectivity index (χ1n) is 5.61. The molecule has 1 aliphatic rings. The summed E-state index contributed by atoms with van der Waals surface area (Å²) in [5, 5.41) is 2.61. The first kappa shape index (κ1) is 19.3. The minimum absolute atomic E-state index is 0. The number of likely N-dealkylation sites (tertiary alicyclic amines) is 1. The number of rotatable bonds is 3. The third-order valence-electron chi connectivity index (χ3n) is 3.30. The van der Waals surface area contributed by atoms with Crippen LogP contribution in [-0.4, -0.2) is 49.8 Å². The monoisotopic (exact) mass is 328 g/mol. The van der Waals surface area contributed by atoms with E-state index in [0.717, 1.165) is 0 Å². The Morgan fingerprint density at radius 1 is 1.20 bits per heavy atom. The second-order valence-corrected chi connectivity index (χ2v) is 4.50. The average Bonchev–Trinajstić information content (AvgIpc) is 2.70. The second-order valence-electron chi connectivity index (χ2n) is 4.50. The van der Waals surface area contributed by atoms with Gasteiger partial charge in [0.25, 0.3) is 0 Å². The molecular weight excluding hydrogens is 314 g/mol. The van der Waals surface area contributed by atoms with Crippen LogP contribution in [0.5, 0.6) is 0 Å². The van der Waals surface area contributed by atoms with E-state index >= 15 is 0 Å². The van der Waals surface area contributed by atoms with Gasteiger partial charge < -0.3 is 10.2 Å². The van der Waals surface area contributed by atoms with Crippen LogP contribution >= 0.6 is 12.4 Å². The maximum absolute atomic E-state index is 12.7. The Morgan fingerprint density at radius 2 is 1.70 bits per heavy atom. The highest BCUT2D eigenvalue weighted by molar-refractivity contribution is 5.85. The summed E-state index contributed by atoms with van der Waals surface area (Å²) in [5.74, 6) is -0.704. The minimum atomic E-state index is -5.41. The molecule has 20 heavy (non-hydrogen) atoms. The summed E-state index contributed by atoms with van der Waals surface area (Å²) in [4.78, 5) is 12.1. The molecule has 1 fully saturated rings. The van der Waals surface area contributed by atoms with Crippen molar-refractivity contribution < 1.29 is 31.1 Å². The van der Waals surface area contributed by atoms with Crippen LogP contribution < -0.4 is 5.32 Å². The summed E-state index contributed by atoms with van der Waals surface area (Å²) in [7, 11) is 1.53. The largest absolute Gasteiger partial charge is 0.404 e. The highest BCUT2D eigenvalue weighted by Gasteiger charge is 2.72. The fraction of sp³-hybridized carbons (Fsp3) is 0.900. The van der Waals surface area contributed by atoms with E-state index in [9.17, 15) is 31.1 Å². The zero-order chi connectivity index (χ0) is 14.9. The molecule has 0 atom stereocenters. The lowest BCUT2D eigenvalue weighted by Gasteiger charge is -2.33. The quantitative estimate of drug-likeness (QED) is 0.807. The number of nitrogens with zero attached hydrogens (tertiary/aromatic N) is 1. The maximum Gasteiger partial charge on any atom is 0.404 e. The van der Waals surface area contributed by atoms with E-state index < -0.39 is 43.2 Å². The number of halogens is 7. The van der Waals surface area contributed by atoms with E-state index in [4.69, 9.17) is 0 Å². The van der Waals surface area contributed by atoms with Crippen molar-refractivity contribution in [3.05, 3.63) is 0 Å². The molecule has 0 spiro atoms. The molecule has 1 aliphatic heterocycles. The highest BCUT2D eigenvalue weighted by atomic mass is 35.5. The van der Waals surface area contributed by atoms with E-state index in [1.165, 1.54) is 7.05 Å². The summed E-state index contributed by atoms with van der Waals surface area (Å²) in [6.45, 7) is -1.66. The third kappa shape index (κ3) is 3.49. The molecule has 1 rings (SSSR count). The summed E-state index contributed by atoms with van der Waals surface area (Å²) in [5.41, 5.74) is -3.80. The van der Waals surface area contributed by atoms with Crippen molar-refractivity contribution >= 4 is 18.3 Å². The molecule has 3 nitrogen and oxygen atoms in total. The highest BCUT2D eigenvalue weighted by Crippen LogP contribution is 2.55. The molecule has 0 aliphatic carbocycles. The van der Waals surface area contributed by atoms with Gasteiger partial charge in [-0.05, 0) is 13.5 Å². The summed E-state index contributed by atoms with van der Waals surface area (Å²) >= 11 is 0. The van der Waals surface area contributed by atoms with Crippen LogP contribution in [0.4, 0.5) is 26.3 Å². The number of hydrogen-bond donors (Lipinski definition) is 1. The Morgan fingerprint density at radius 3 is 2.05 bits per heavy atom. The molecule has 0 saturated carbocycles. The topological polar surface area (TPSA) is 32.3 Å². The van der Waals surface area contributed by atoms with Gasteiger partial charge in [0, 0.05) is 26.1 Å². The Kier molecular flexibility index (Phi) is 6.16. The molecule has 0 bridgehead atoms. The van der Waals surface area contributed by atoms with Crippen molar-refractivity contribution in [1.82, 2.24) is 10.2 Å². The lowest BCUT2D eigenvalue weighted by atomic mass is 9.85. The average molecular weight is 329 g/mol. The van der Waals surface area contributed by atoms with Gasteiger partial charge in [0.05, 0.1) is 0 Å². The minimum Gasteiger partial charge on any atom is -0.341 e. The van der Waals surface area contributed by atoms with Gasteiger partial charge in [0.1, 0.15) is 0 Å². The summed E-state index contributed by atoms with van der Waals surface area (Å²) in [6.07, 6.45) is -12.1. The fourth-order valence-corrected chi connectivity index (χ4v) is 2.04. The van der Waals surface area contributed by atoms with Crippen LogP contribution in [-0.2, 0) is 4.79 Å². The first-order chi connectivity index (χ1) is 8.55. The van der Waals surface area contributed by atoms with Crippen molar-refractivity contribution in [2.24, 2.45) is 5.41 Å². The van der Waals surface area contributed by atoms with Gasteiger partial charge in [-0.15, -0.1) is 12.4 Å². The van der Waals surface area contributed by atoms with Crippen molar-refractivity contribution in [3.63, 3.8) is 0 Å². The molecule has 0 aromatic carbocycles. The number of amides is 1. The zero-order valence-corrected chi connectivity index (χ0v) is 11.4. The van der Waals surface area contributed by atoms with E-state index in [1.807, 2.05) is 0 Å². The molecule has 0 aromatic rings. The molecule has 10 heteroatoms. The summed E-state index contributed by atoms with van der Waals surface area (Å²) in [6, 6.07) is 0. The lowest BCUT2D eigenvalue weighted by Crippen LogP contribution is -2.52. The van der Waals surface area contributed by atoms with E-state index in [2.05, 4.69) is 5.32 Å². The van der Waals surface area contributed by atoms with Crippen LogP contribution in [0.1, 0.15) is 12.8 Å². The lowest BCUT2D eigenvalue weighted by molar-refractivity contribution is -0.334. The molecule has 0 aromatic heterocycles. The zero-order valence-electron chi connectivity index (χ0n) is 10.6. The van der Waals surface area contributed by atoms with Crippen molar-refractivity contribution in [3.8, 4) is 0 Å². The van der Waals surface area contributed by atoms with Crippen LogP contribution in [0.3, 0.4) is 0 Å². The molecule has 0 radical (unpaired) electrons. The number of alkyl halides is 6. The van der Waals surface area contributed by atoms with E-state index in [-0.39, 0.29) is 25.4 Å². The number of carbonyl (C=O) groups excluding carboxylic acids is 1. The maximum atomic E-state index is 12.7.